The lowest BCUT2D eigenvalue weighted by Crippen LogP contribution is -2.24. The van der Waals surface area contributed by atoms with Gasteiger partial charge >= 0.3 is 0 Å². The van der Waals surface area contributed by atoms with Crippen molar-refractivity contribution in [2.75, 3.05) is 21.9 Å². The number of hydrogen-bond donors (Lipinski definition) is 1. The maximum atomic E-state index is 12.1. The summed E-state index contributed by atoms with van der Waals surface area (Å²) < 4.78 is 25.3. The average Bonchev–Trinajstić information content (AvgIpc) is 3.00. The van der Waals surface area contributed by atoms with Crippen LogP contribution in [0.25, 0.3) is 6.08 Å². The van der Waals surface area contributed by atoms with Crippen molar-refractivity contribution >= 4 is 33.4 Å². The molecule has 0 saturated carbocycles. The van der Waals surface area contributed by atoms with Gasteiger partial charge in [0.2, 0.25) is 15.9 Å². The Balaban J connectivity index is 1.61. The Morgan fingerprint density at radius 3 is 2.30 bits per heavy atom. The number of hydrogen-bond acceptors (Lipinski definition) is 3. The van der Waals surface area contributed by atoms with Crippen LogP contribution in [-0.4, -0.2) is 26.6 Å². The molecule has 1 heterocycles. The Labute approximate surface area is 160 Å². The van der Waals surface area contributed by atoms with Gasteiger partial charge in [0.25, 0.3) is 0 Å². The Hall–Kier alpha value is -2.60. The molecule has 0 atom stereocenters. The van der Waals surface area contributed by atoms with Crippen molar-refractivity contribution in [2.45, 2.75) is 26.2 Å². The number of sulfonamides is 1. The summed E-state index contributed by atoms with van der Waals surface area (Å²) in [5, 5.41) is 2.83. The number of nitrogens with one attached hydrogen (secondary N) is 1. The molecule has 1 saturated heterocycles. The highest BCUT2D eigenvalue weighted by molar-refractivity contribution is 7.93. The standard InChI is InChI=1S/C21H24N2O3S/c1-16(2)18-7-9-19(10-8-18)22-21(24)13-6-17-4-11-20(12-5-17)23-14-3-15-27(23,25)26/h4-13,16H,3,14-15H2,1-2H3,(H,22,24)/b13-6+. The summed E-state index contributed by atoms with van der Waals surface area (Å²) in [5.74, 6) is 0.444. The van der Waals surface area contributed by atoms with E-state index in [1.165, 1.54) is 15.9 Å². The molecule has 0 aliphatic carbocycles. The van der Waals surface area contributed by atoms with Crippen molar-refractivity contribution in [2.24, 2.45) is 0 Å². The smallest absolute Gasteiger partial charge is 0.248 e. The summed E-state index contributed by atoms with van der Waals surface area (Å²) >= 11 is 0. The molecule has 1 fully saturated rings. The van der Waals surface area contributed by atoms with Crippen LogP contribution in [0, 0.1) is 0 Å². The second-order valence-electron chi connectivity index (χ2n) is 6.93. The molecule has 6 heteroatoms. The zero-order valence-electron chi connectivity index (χ0n) is 15.6. The summed E-state index contributed by atoms with van der Waals surface area (Å²) in [5.41, 5.74) is 3.48. The molecule has 0 bridgehead atoms. The lowest BCUT2D eigenvalue weighted by Gasteiger charge is -2.16. The maximum absolute atomic E-state index is 12.1. The molecule has 1 amide bonds. The van der Waals surface area contributed by atoms with E-state index in [9.17, 15) is 13.2 Å². The van der Waals surface area contributed by atoms with E-state index < -0.39 is 10.0 Å². The highest BCUT2D eigenvalue weighted by Crippen LogP contribution is 2.24. The molecule has 0 radical (unpaired) electrons. The van der Waals surface area contributed by atoms with Gasteiger partial charge in [-0.3, -0.25) is 9.10 Å². The summed E-state index contributed by atoms with van der Waals surface area (Å²) in [4.78, 5) is 12.1. The predicted octanol–water partition coefficient (Wildman–Crippen LogP) is 4.00. The quantitative estimate of drug-likeness (QED) is 0.793. The zero-order valence-corrected chi connectivity index (χ0v) is 16.4. The first-order valence-corrected chi connectivity index (χ1v) is 10.7. The molecular weight excluding hydrogens is 360 g/mol. The Kier molecular flexibility index (Phi) is 5.65. The fraction of sp³-hybridized carbons (Fsp3) is 0.286. The first-order chi connectivity index (χ1) is 12.8. The number of benzene rings is 2. The first-order valence-electron chi connectivity index (χ1n) is 9.05. The normalized spacial score (nSPS) is 16.2. The molecule has 5 nitrogen and oxygen atoms in total. The molecule has 0 aromatic heterocycles. The van der Waals surface area contributed by atoms with Gasteiger partial charge in [0.15, 0.2) is 0 Å². The van der Waals surface area contributed by atoms with Gasteiger partial charge in [0.1, 0.15) is 0 Å². The van der Waals surface area contributed by atoms with Crippen molar-refractivity contribution in [1.29, 1.82) is 0 Å². The number of amides is 1. The van der Waals surface area contributed by atoms with Crippen LogP contribution in [0.15, 0.2) is 54.6 Å². The fourth-order valence-corrected chi connectivity index (χ4v) is 4.55. The van der Waals surface area contributed by atoms with Gasteiger partial charge in [-0.15, -0.1) is 0 Å². The van der Waals surface area contributed by atoms with E-state index in [1.807, 2.05) is 36.4 Å². The third-order valence-electron chi connectivity index (χ3n) is 4.55. The predicted molar refractivity (Wildman–Crippen MR) is 110 cm³/mol. The van der Waals surface area contributed by atoms with Crippen LogP contribution in [0.1, 0.15) is 37.3 Å². The molecule has 1 N–H and O–H groups in total. The molecule has 3 rings (SSSR count). The average molecular weight is 385 g/mol. The molecule has 2 aromatic rings. The molecule has 27 heavy (non-hydrogen) atoms. The van der Waals surface area contributed by atoms with Gasteiger partial charge < -0.3 is 5.32 Å². The third kappa shape index (κ3) is 4.77. The van der Waals surface area contributed by atoms with Crippen LogP contribution in [0.2, 0.25) is 0 Å². The van der Waals surface area contributed by atoms with Crippen molar-refractivity contribution < 1.29 is 13.2 Å². The number of carbonyl (C=O) groups excluding carboxylic acids is 1. The zero-order chi connectivity index (χ0) is 19.4. The monoisotopic (exact) mass is 384 g/mol. The second kappa shape index (κ2) is 7.96. The van der Waals surface area contributed by atoms with Crippen LogP contribution in [0.4, 0.5) is 11.4 Å². The molecule has 2 aromatic carbocycles. The first kappa shape index (κ1) is 19.2. The van der Waals surface area contributed by atoms with E-state index in [-0.39, 0.29) is 11.7 Å². The minimum Gasteiger partial charge on any atom is -0.323 e. The van der Waals surface area contributed by atoms with E-state index in [1.54, 1.807) is 18.2 Å². The molecule has 142 valence electrons. The van der Waals surface area contributed by atoms with Crippen molar-refractivity contribution in [3.63, 3.8) is 0 Å². The van der Waals surface area contributed by atoms with E-state index in [0.717, 1.165) is 11.3 Å². The van der Waals surface area contributed by atoms with Crippen LogP contribution in [0.3, 0.4) is 0 Å². The van der Waals surface area contributed by atoms with E-state index in [0.29, 0.717) is 24.6 Å². The highest BCUT2D eigenvalue weighted by atomic mass is 32.2. The lowest BCUT2D eigenvalue weighted by molar-refractivity contribution is -0.111. The van der Waals surface area contributed by atoms with Gasteiger partial charge in [0.05, 0.1) is 11.4 Å². The lowest BCUT2D eigenvalue weighted by atomic mass is 10.0. The number of rotatable bonds is 5. The van der Waals surface area contributed by atoms with E-state index >= 15 is 0 Å². The largest absolute Gasteiger partial charge is 0.323 e. The van der Waals surface area contributed by atoms with Crippen molar-refractivity contribution in [1.82, 2.24) is 0 Å². The van der Waals surface area contributed by atoms with Crippen LogP contribution in [0.5, 0.6) is 0 Å². The number of nitrogens with zero attached hydrogens (tertiary/aromatic N) is 1. The molecule has 0 spiro atoms. The fourth-order valence-electron chi connectivity index (χ4n) is 2.99. The molecular formula is C21H24N2O3S. The van der Waals surface area contributed by atoms with Gasteiger partial charge in [-0.25, -0.2) is 8.42 Å². The topological polar surface area (TPSA) is 66.5 Å². The van der Waals surface area contributed by atoms with Gasteiger partial charge in [0, 0.05) is 18.3 Å². The summed E-state index contributed by atoms with van der Waals surface area (Å²) in [6, 6.07) is 15.0. The van der Waals surface area contributed by atoms with Crippen LogP contribution < -0.4 is 9.62 Å². The van der Waals surface area contributed by atoms with E-state index in [4.69, 9.17) is 0 Å². The number of anilines is 2. The summed E-state index contributed by atoms with van der Waals surface area (Å²) in [7, 11) is -3.17. The molecule has 1 aliphatic rings. The highest BCUT2D eigenvalue weighted by Gasteiger charge is 2.28. The second-order valence-corrected chi connectivity index (χ2v) is 8.95. The van der Waals surface area contributed by atoms with Crippen LogP contribution >= 0.6 is 0 Å². The van der Waals surface area contributed by atoms with Crippen LogP contribution in [-0.2, 0) is 14.8 Å². The van der Waals surface area contributed by atoms with E-state index in [2.05, 4.69) is 19.2 Å². The minimum atomic E-state index is -3.17. The number of carbonyl (C=O) groups is 1. The Bertz CT molecular complexity index is 930. The van der Waals surface area contributed by atoms with Gasteiger partial charge in [-0.05, 0) is 53.8 Å². The Morgan fingerprint density at radius 2 is 1.74 bits per heavy atom. The summed E-state index contributed by atoms with van der Waals surface area (Å²) in [6.45, 7) is 4.77. The Morgan fingerprint density at radius 1 is 1.07 bits per heavy atom. The van der Waals surface area contributed by atoms with Crippen molar-refractivity contribution in [3.05, 3.63) is 65.7 Å². The third-order valence-corrected chi connectivity index (χ3v) is 6.42. The molecule has 0 unspecified atom stereocenters. The van der Waals surface area contributed by atoms with Gasteiger partial charge in [-0.2, -0.15) is 0 Å². The molecule has 1 aliphatic heterocycles. The SMILES string of the molecule is CC(C)c1ccc(NC(=O)/C=C/c2ccc(N3CCCS3(=O)=O)cc2)cc1. The minimum absolute atomic E-state index is 0.201. The van der Waals surface area contributed by atoms with Crippen molar-refractivity contribution in [3.8, 4) is 0 Å². The van der Waals surface area contributed by atoms with Gasteiger partial charge in [-0.1, -0.05) is 38.1 Å². The summed E-state index contributed by atoms with van der Waals surface area (Å²) in [6.07, 6.45) is 3.83. The maximum Gasteiger partial charge on any atom is 0.248 e.